The van der Waals surface area contributed by atoms with E-state index in [0.29, 0.717) is 20.1 Å². The summed E-state index contributed by atoms with van der Waals surface area (Å²) in [6.45, 7) is 0. The summed E-state index contributed by atoms with van der Waals surface area (Å²) >= 11 is 25.7. The van der Waals surface area contributed by atoms with Crippen LogP contribution in [0.5, 0.6) is 0 Å². The average molecular weight is 375 g/mol. The number of thiazole rings is 1. The standard InChI is InChI=1S/C15H7Cl4NS/c16-9-3-1-8(2-4-9)13-7-21-15(20-13)11-5-10(17)6-12(18)14(11)19/h1-7H. The Morgan fingerprint density at radius 3 is 2.29 bits per heavy atom. The Hall–Kier alpha value is -0.770. The van der Waals surface area contributed by atoms with Crippen molar-refractivity contribution in [3.05, 3.63) is 61.9 Å². The Kier molecular flexibility index (Phi) is 4.43. The van der Waals surface area contributed by atoms with Gasteiger partial charge in [-0.15, -0.1) is 11.3 Å². The lowest BCUT2D eigenvalue weighted by Crippen LogP contribution is -1.82. The van der Waals surface area contributed by atoms with Crippen molar-refractivity contribution in [2.24, 2.45) is 0 Å². The van der Waals surface area contributed by atoms with E-state index in [0.717, 1.165) is 21.8 Å². The van der Waals surface area contributed by atoms with Crippen molar-refractivity contribution in [2.45, 2.75) is 0 Å². The molecule has 0 atom stereocenters. The van der Waals surface area contributed by atoms with E-state index in [1.807, 2.05) is 29.6 Å². The van der Waals surface area contributed by atoms with E-state index >= 15 is 0 Å². The molecule has 0 saturated heterocycles. The zero-order valence-corrected chi connectivity index (χ0v) is 14.2. The molecule has 3 rings (SSSR count). The van der Waals surface area contributed by atoms with Gasteiger partial charge in [-0.3, -0.25) is 0 Å². The van der Waals surface area contributed by atoms with E-state index in [-0.39, 0.29) is 0 Å². The number of rotatable bonds is 2. The minimum absolute atomic E-state index is 0.419. The first-order chi connectivity index (χ1) is 10.0. The Balaban J connectivity index is 2.04. The van der Waals surface area contributed by atoms with Crippen LogP contribution in [0, 0.1) is 0 Å². The number of hydrogen-bond donors (Lipinski definition) is 0. The molecule has 0 aliphatic carbocycles. The SMILES string of the molecule is Clc1ccc(-c2csc(-c3cc(Cl)cc(Cl)c3Cl)n2)cc1. The molecule has 6 heteroatoms. The minimum Gasteiger partial charge on any atom is -0.236 e. The van der Waals surface area contributed by atoms with Gasteiger partial charge in [-0.05, 0) is 24.3 Å². The third-order valence-electron chi connectivity index (χ3n) is 2.87. The van der Waals surface area contributed by atoms with Crippen molar-refractivity contribution in [1.29, 1.82) is 0 Å². The van der Waals surface area contributed by atoms with Crippen LogP contribution in [0.3, 0.4) is 0 Å². The second-order valence-electron chi connectivity index (χ2n) is 4.29. The van der Waals surface area contributed by atoms with Crippen molar-refractivity contribution >= 4 is 57.7 Å². The van der Waals surface area contributed by atoms with E-state index in [9.17, 15) is 0 Å². The van der Waals surface area contributed by atoms with Gasteiger partial charge in [-0.25, -0.2) is 4.98 Å². The van der Waals surface area contributed by atoms with Crippen molar-refractivity contribution in [1.82, 2.24) is 4.98 Å². The first-order valence-corrected chi connectivity index (χ1v) is 8.30. The van der Waals surface area contributed by atoms with E-state index in [1.165, 1.54) is 11.3 Å². The van der Waals surface area contributed by atoms with Crippen LogP contribution in [-0.2, 0) is 0 Å². The molecule has 21 heavy (non-hydrogen) atoms. The molecule has 106 valence electrons. The fourth-order valence-electron chi connectivity index (χ4n) is 1.86. The van der Waals surface area contributed by atoms with Gasteiger partial charge in [0.1, 0.15) is 5.01 Å². The van der Waals surface area contributed by atoms with E-state index in [4.69, 9.17) is 46.4 Å². The molecule has 0 aliphatic rings. The number of halogens is 4. The van der Waals surface area contributed by atoms with Gasteiger partial charge in [0, 0.05) is 26.6 Å². The van der Waals surface area contributed by atoms with Crippen molar-refractivity contribution in [3.8, 4) is 21.8 Å². The highest BCUT2D eigenvalue weighted by atomic mass is 35.5. The largest absolute Gasteiger partial charge is 0.236 e. The van der Waals surface area contributed by atoms with Crippen molar-refractivity contribution < 1.29 is 0 Å². The van der Waals surface area contributed by atoms with Crippen LogP contribution < -0.4 is 0 Å². The van der Waals surface area contributed by atoms with Crippen LogP contribution in [-0.4, -0.2) is 4.98 Å². The summed E-state index contributed by atoms with van der Waals surface area (Å²) in [6.07, 6.45) is 0. The van der Waals surface area contributed by atoms with Crippen LogP contribution in [0.15, 0.2) is 41.8 Å². The van der Waals surface area contributed by atoms with Crippen LogP contribution in [0.1, 0.15) is 0 Å². The first kappa shape index (κ1) is 15.1. The van der Waals surface area contributed by atoms with Crippen LogP contribution in [0.4, 0.5) is 0 Å². The smallest absolute Gasteiger partial charge is 0.125 e. The van der Waals surface area contributed by atoms with Crippen LogP contribution in [0.2, 0.25) is 20.1 Å². The monoisotopic (exact) mass is 373 g/mol. The maximum absolute atomic E-state index is 6.23. The predicted octanol–water partition coefficient (Wildman–Crippen LogP) is 7.09. The third-order valence-corrected chi connectivity index (χ3v) is 5.02. The van der Waals surface area contributed by atoms with Gasteiger partial charge in [0.05, 0.1) is 15.7 Å². The van der Waals surface area contributed by atoms with E-state index < -0.39 is 0 Å². The Morgan fingerprint density at radius 2 is 1.57 bits per heavy atom. The number of nitrogens with zero attached hydrogens (tertiary/aromatic N) is 1. The molecule has 3 aromatic rings. The lowest BCUT2D eigenvalue weighted by molar-refractivity contribution is 1.40. The maximum atomic E-state index is 6.23. The Bertz CT molecular complexity index is 796. The average Bonchev–Trinajstić information content (AvgIpc) is 2.93. The van der Waals surface area contributed by atoms with Crippen molar-refractivity contribution in [3.63, 3.8) is 0 Å². The van der Waals surface area contributed by atoms with Crippen LogP contribution >= 0.6 is 57.7 Å². The molecule has 0 unspecified atom stereocenters. The quantitative estimate of drug-likeness (QED) is 0.436. The first-order valence-electron chi connectivity index (χ1n) is 5.91. The molecule has 0 saturated carbocycles. The molecular weight excluding hydrogens is 368 g/mol. The third kappa shape index (κ3) is 3.20. The molecule has 1 heterocycles. The Morgan fingerprint density at radius 1 is 0.857 bits per heavy atom. The zero-order chi connectivity index (χ0) is 15.0. The highest BCUT2D eigenvalue weighted by molar-refractivity contribution is 7.13. The Labute approximate surface area is 146 Å². The molecule has 1 nitrogen and oxygen atoms in total. The normalized spacial score (nSPS) is 10.9. The summed E-state index contributed by atoms with van der Waals surface area (Å²) in [6, 6.07) is 10.9. The highest BCUT2D eigenvalue weighted by Gasteiger charge is 2.13. The summed E-state index contributed by atoms with van der Waals surface area (Å²) in [5, 5.41) is 4.83. The highest BCUT2D eigenvalue weighted by Crippen LogP contribution is 2.38. The summed E-state index contributed by atoms with van der Waals surface area (Å²) in [7, 11) is 0. The second kappa shape index (κ2) is 6.15. The molecule has 0 bridgehead atoms. The molecular formula is C15H7Cl4NS. The van der Waals surface area contributed by atoms with Gasteiger partial charge in [-0.2, -0.15) is 0 Å². The molecule has 0 fully saturated rings. The van der Waals surface area contributed by atoms with Gasteiger partial charge >= 0.3 is 0 Å². The van der Waals surface area contributed by atoms with Crippen LogP contribution in [0.25, 0.3) is 21.8 Å². The number of aromatic nitrogens is 1. The molecule has 1 aromatic heterocycles. The van der Waals surface area contributed by atoms with E-state index in [1.54, 1.807) is 12.1 Å². The summed E-state index contributed by atoms with van der Waals surface area (Å²) in [5.74, 6) is 0. The van der Waals surface area contributed by atoms with Gasteiger partial charge in [0.2, 0.25) is 0 Å². The zero-order valence-electron chi connectivity index (χ0n) is 10.4. The topological polar surface area (TPSA) is 12.9 Å². The van der Waals surface area contributed by atoms with Gasteiger partial charge in [-0.1, -0.05) is 58.5 Å². The molecule has 0 aliphatic heterocycles. The molecule has 0 N–H and O–H groups in total. The summed E-state index contributed by atoms with van der Waals surface area (Å²) in [4.78, 5) is 4.60. The molecule has 0 amide bonds. The fourth-order valence-corrected chi connectivity index (χ4v) is 3.59. The lowest BCUT2D eigenvalue weighted by Gasteiger charge is -2.03. The van der Waals surface area contributed by atoms with Crippen molar-refractivity contribution in [2.75, 3.05) is 0 Å². The molecule has 0 spiro atoms. The number of benzene rings is 2. The maximum Gasteiger partial charge on any atom is 0.125 e. The molecule has 2 aromatic carbocycles. The van der Waals surface area contributed by atoms with E-state index in [2.05, 4.69) is 4.98 Å². The second-order valence-corrected chi connectivity index (χ2v) is 6.81. The summed E-state index contributed by atoms with van der Waals surface area (Å²) < 4.78 is 0. The predicted molar refractivity (Wildman–Crippen MR) is 93.0 cm³/mol. The lowest BCUT2D eigenvalue weighted by atomic mass is 10.2. The fraction of sp³-hybridized carbons (Fsp3) is 0. The molecule has 0 radical (unpaired) electrons. The number of hydrogen-bond acceptors (Lipinski definition) is 2. The minimum atomic E-state index is 0.419. The van der Waals surface area contributed by atoms with Gasteiger partial charge in [0.25, 0.3) is 0 Å². The van der Waals surface area contributed by atoms with Gasteiger partial charge in [0.15, 0.2) is 0 Å². The van der Waals surface area contributed by atoms with Gasteiger partial charge < -0.3 is 0 Å². The summed E-state index contributed by atoms with van der Waals surface area (Å²) in [5.41, 5.74) is 2.59.